The Morgan fingerprint density at radius 2 is 2.14 bits per heavy atom. The molecule has 3 rings (SSSR count). The molecular weight excluding hydrogens is 313 g/mol. The van der Waals surface area contributed by atoms with E-state index >= 15 is 0 Å². The Hall–Kier alpha value is -2.18. The Labute approximate surface area is 128 Å². The van der Waals surface area contributed by atoms with Gasteiger partial charge < -0.3 is 5.32 Å². The number of aromatic nitrogens is 2. The third kappa shape index (κ3) is 2.96. The normalized spacial score (nSPS) is 11.3. The molecule has 1 amide bonds. The van der Waals surface area contributed by atoms with E-state index in [0.29, 0.717) is 16.5 Å². The van der Waals surface area contributed by atoms with E-state index in [1.807, 2.05) is 11.6 Å². The summed E-state index contributed by atoms with van der Waals surface area (Å²) in [5.41, 5.74) is 1.16. The maximum Gasteiger partial charge on any atom is 0.248 e. The van der Waals surface area contributed by atoms with Gasteiger partial charge >= 0.3 is 0 Å². The SMILES string of the molecule is O=C(/C=C/c1c(Cl)nc2sccn12)Nc1ccc(F)cc1. The van der Waals surface area contributed by atoms with Crippen molar-refractivity contribution in [2.24, 2.45) is 0 Å². The van der Waals surface area contributed by atoms with Gasteiger partial charge in [0.05, 0.1) is 5.69 Å². The number of carbonyl (C=O) groups is 1. The molecule has 106 valence electrons. The standard InChI is InChI=1S/C14H9ClFN3OS/c15-13-11(19-7-8-21-14(19)18-13)5-6-12(20)17-10-3-1-9(16)2-4-10/h1-8H,(H,17,20)/b6-5+. The highest BCUT2D eigenvalue weighted by atomic mass is 35.5. The number of hydrogen-bond acceptors (Lipinski definition) is 3. The first-order valence-electron chi connectivity index (χ1n) is 5.99. The van der Waals surface area contributed by atoms with Gasteiger partial charge in [0.2, 0.25) is 5.91 Å². The Morgan fingerprint density at radius 3 is 2.90 bits per heavy atom. The number of halogens is 2. The maximum atomic E-state index is 12.8. The number of nitrogens with one attached hydrogen (secondary N) is 1. The number of carbonyl (C=O) groups excluding carboxylic acids is 1. The molecule has 0 aliphatic heterocycles. The molecule has 0 saturated heterocycles. The lowest BCUT2D eigenvalue weighted by molar-refractivity contribution is -0.111. The van der Waals surface area contributed by atoms with Crippen molar-refractivity contribution in [1.29, 1.82) is 0 Å². The average Bonchev–Trinajstić information content (AvgIpc) is 3.00. The van der Waals surface area contributed by atoms with Gasteiger partial charge in [-0.15, -0.1) is 11.3 Å². The molecule has 0 aliphatic carbocycles. The predicted octanol–water partition coefficient (Wildman–Crippen LogP) is 3.84. The van der Waals surface area contributed by atoms with Crippen LogP contribution in [0.4, 0.5) is 10.1 Å². The van der Waals surface area contributed by atoms with Crippen LogP contribution >= 0.6 is 22.9 Å². The summed E-state index contributed by atoms with van der Waals surface area (Å²) >= 11 is 7.48. The minimum atomic E-state index is -0.352. The van der Waals surface area contributed by atoms with Crippen LogP contribution in [-0.2, 0) is 4.79 Å². The fourth-order valence-electron chi connectivity index (χ4n) is 1.80. The lowest BCUT2D eigenvalue weighted by Gasteiger charge is -2.01. The number of anilines is 1. The highest BCUT2D eigenvalue weighted by Crippen LogP contribution is 2.22. The van der Waals surface area contributed by atoms with Crippen LogP contribution in [0.1, 0.15) is 5.69 Å². The van der Waals surface area contributed by atoms with Crippen molar-refractivity contribution in [3.63, 3.8) is 0 Å². The molecule has 3 aromatic rings. The van der Waals surface area contributed by atoms with Crippen molar-refractivity contribution in [2.45, 2.75) is 0 Å². The van der Waals surface area contributed by atoms with Gasteiger partial charge in [-0.3, -0.25) is 9.20 Å². The van der Waals surface area contributed by atoms with Crippen LogP contribution in [0.3, 0.4) is 0 Å². The first kappa shape index (κ1) is 13.8. The van der Waals surface area contributed by atoms with Crippen LogP contribution in [0, 0.1) is 5.82 Å². The minimum Gasteiger partial charge on any atom is -0.323 e. The minimum absolute atomic E-state index is 0.331. The number of rotatable bonds is 3. The molecule has 1 aromatic carbocycles. The molecule has 0 fully saturated rings. The van der Waals surface area contributed by atoms with Gasteiger partial charge in [-0.1, -0.05) is 11.6 Å². The molecule has 21 heavy (non-hydrogen) atoms. The fraction of sp³-hybridized carbons (Fsp3) is 0. The zero-order valence-electron chi connectivity index (χ0n) is 10.6. The van der Waals surface area contributed by atoms with Crippen LogP contribution in [-0.4, -0.2) is 15.3 Å². The van der Waals surface area contributed by atoms with Crippen molar-refractivity contribution in [1.82, 2.24) is 9.38 Å². The molecule has 2 aromatic heterocycles. The average molecular weight is 322 g/mol. The smallest absolute Gasteiger partial charge is 0.248 e. The van der Waals surface area contributed by atoms with Crippen molar-refractivity contribution < 1.29 is 9.18 Å². The van der Waals surface area contributed by atoms with Crippen molar-refractivity contribution in [3.8, 4) is 0 Å². The second kappa shape index (κ2) is 5.67. The van der Waals surface area contributed by atoms with E-state index in [9.17, 15) is 9.18 Å². The van der Waals surface area contributed by atoms with E-state index in [2.05, 4.69) is 10.3 Å². The Bertz CT molecular complexity index is 822. The van der Waals surface area contributed by atoms with E-state index in [0.717, 1.165) is 4.96 Å². The summed E-state index contributed by atoms with van der Waals surface area (Å²) in [6.45, 7) is 0. The maximum absolute atomic E-state index is 12.8. The van der Waals surface area contributed by atoms with E-state index in [-0.39, 0.29) is 11.7 Å². The molecule has 0 radical (unpaired) electrons. The van der Waals surface area contributed by atoms with E-state index in [4.69, 9.17) is 11.6 Å². The first-order valence-corrected chi connectivity index (χ1v) is 7.25. The van der Waals surface area contributed by atoms with Gasteiger partial charge in [-0.2, -0.15) is 0 Å². The van der Waals surface area contributed by atoms with Gasteiger partial charge in [0.25, 0.3) is 0 Å². The van der Waals surface area contributed by atoms with Crippen molar-refractivity contribution >= 4 is 45.6 Å². The van der Waals surface area contributed by atoms with E-state index in [1.165, 1.54) is 41.7 Å². The Morgan fingerprint density at radius 1 is 1.38 bits per heavy atom. The zero-order chi connectivity index (χ0) is 14.8. The van der Waals surface area contributed by atoms with Crippen LogP contribution < -0.4 is 5.32 Å². The first-order chi connectivity index (χ1) is 10.1. The summed E-state index contributed by atoms with van der Waals surface area (Å²) in [7, 11) is 0. The van der Waals surface area contributed by atoms with Crippen LogP contribution in [0.15, 0.2) is 41.9 Å². The second-order valence-corrected chi connectivity index (χ2v) is 5.40. The number of nitrogens with zero attached hydrogens (tertiary/aromatic N) is 2. The lowest BCUT2D eigenvalue weighted by Crippen LogP contribution is -2.07. The Kier molecular flexibility index (Phi) is 3.72. The molecule has 4 nitrogen and oxygen atoms in total. The summed E-state index contributed by atoms with van der Waals surface area (Å²) in [5.74, 6) is -0.683. The summed E-state index contributed by atoms with van der Waals surface area (Å²) in [5, 5.41) is 4.85. The zero-order valence-corrected chi connectivity index (χ0v) is 12.2. The van der Waals surface area contributed by atoms with Crippen molar-refractivity contribution in [2.75, 3.05) is 5.32 Å². The monoisotopic (exact) mass is 321 g/mol. The van der Waals surface area contributed by atoms with Gasteiger partial charge in [0, 0.05) is 23.3 Å². The summed E-state index contributed by atoms with van der Waals surface area (Å²) in [4.78, 5) is 16.7. The number of benzene rings is 1. The third-order valence-corrected chi connectivity index (χ3v) is 3.79. The third-order valence-electron chi connectivity index (χ3n) is 2.76. The Balaban J connectivity index is 1.76. The van der Waals surface area contributed by atoms with Gasteiger partial charge in [-0.25, -0.2) is 9.37 Å². The van der Waals surface area contributed by atoms with Gasteiger partial charge in [0.15, 0.2) is 10.1 Å². The lowest BCUT2D eigenvalue weighted by atomic mass is 10.3. The summed E-state index contributed by atoms with van der Waals surface area (Å²) in [6.07, 6.45) is 4.78. The molecule has 0 atom stereocenters. The molecular formula is C14H9ClFN3OS. The number of fused-ring (bicyclic) bond motifs is 1. The fourth-order valence-corrected chi connectivity index (χ4v) is 2.80. The number of amides is 1. The summed E-state index contributed by atoms with van der Waals surface area (Å²) < 4.78 is 14.6. The highest BCUT2D eigenvalue weighted by molar-refractivity contribution is 7.15. The van der Waals surface area contributed by atoms with Crippen molar-refractivity contribution in [3.05, 3.63) is 58.6 Å². The molecule has 7 heteroatoms. The van der Waals surface area contributed by atoms with Crippen LogP contribution in [0.5, 0.6) is 0 Å². The van der Waals surface area contributed by atoms with E-state index < -0.39 is 0 Å². The topological polar surface area (TPSA) is 46.4 Å². The largest absolute Gasteiger partial charge is 0.323 e. The molecule has 2 heterocycles. The molecule has 0 spiro atoms. The van der Waals surface area contributed by atoms with Crippen LogP contribution in [0.2, 0.25) is 5.15 Å². The number of imidazole rings is 1. The molecule has 0 aliphatic rings. The predicted molar refractivity (Wildman–Crippen MR) is 82.1 cm³/mol. The van der Waals surface area contributed by atoms with E-state index in [1.54, 1.807) is 10.5 Å². The second-order valence-electron chi connectivity index (χ2n) is 4.17. The van der Waals surface area contributed by atoms with Gasteiger partial charge in [0.1, 0.15) is 5.82 Å². The quantitative estimate of drug-likeness (QED) is 0.745. The number of hydrogen-bond donors (Lipinski definition) is 1. The van der Waals surface area contributed by atoms with Crippen LogP contribution in [0.25, 0.3) is 11.0 Å². The summed E-state index contributed by atoms with van der Waals surface area (Å²) in [6, 6.07) is 5.54. The molecule has 0 saturated carbocycles. The molecule has 0 bridgehead atoms. The van der Waals surface area contributed by atoms with Gasteiger partial charge in [-0.05, 0) is 30.3 Å². The molecule has 0 unspecified atom stereocenters. The number of thiazole rings is 1. The molecule has 1 N–H and O–H groups in total. The highest BCUT2D eigenvalue weighted by Gasteiger charge is 2.08.